The number of carbonyl (C=O) groups is 1. The number of amides is 1. The van der Waals surface area contributed by atoms with E-state index < -0.39 is 5.91 Å². The van der Waals surface area contributed by atoms with Crippen molar-refractivity contribution in [3.8, 4) is 23.8 Å². The molecule has 0 unspecified atom stereocenters. The molecule has 2 aromatic carbocycles. The maximum atomic E-state index is 12.3. The van der Waals surface area contributed by atoms with E-state index in [9.17, 15) is 4.79 Å². The van der Waals surface area contributed by atoms with E-state index in [1.54, 1.807) is 18.2 Å². The third kappa shape index (κ3) is 4.66. The molecule has 0 aliphatic carbocycles. The lowest BCUT2D eigenvalue weighted by Crippen LogP contribution is -2.16. The number of hydrogen-bond donors (Lipinski definition) is 1. The van der Waals surface area contributed by atoms with Gasteiger partial charge >= 0.3 is 5.91 Å². The minimum Gasteiger partial charge on any atom is -0.493 e. The molecule has 142 valence electrons. The highest BCUT2D eigenvalue weighted by molar-refractivity contribution is 14.1. The molecule has 1 N–H and O–H groups in total. The van der Waals surface area contributed by atoms with Gasteiger partial charge < -0.3 is 13.9 Å². The van der Waals surface area contributed by atoms with Crippen LogP contribution in [0.5, 0.6) is 11.5 Å². The summed E-state index contributed by atoms with van der Waals surface area (Å²) in [5.74, 6) is 3.24. The second-order valence-corrected chi connectivity index (χ2v) is 7.60. The smallest absolute Gasteiger partial charge is 0.307 e. The van der Waals surface area contributed by atoms with Gasteiger partial charge in [0.05, 0.1) is 16.9 Å². The first-order chi connectivity index (χ1) is 13.5. The summed E-state index contributed by atoms with van der Waals surface area (Å²) in [6, 6.07) is 10.7. The average Bonchev–Trinajstić information content (AvgIpc) is 3.10. The van der Waals surface area contributed by atoms with Crippen LogP contribution in [0, 0.1) is 15.9 Å². The number of ether oxygens (including phenoxy) is 2. The summed E-state index contributed by atoms with van der Waals surface area (Å²) in [4.78, 5) is 12.3. The first-order valence-electron chi connectivity index (χ1n) is 7.98. The predicted octanol–water partition coefficient (Wildman–Crippen LogP) is 4.58. The summed E-state index contributed by atoms with van der Waals surface area (Å²) >= 11 is 5.51. The number of benzene rings is 2. The average molecular weight is 553 g/mol. The van der Waals surface area contributed by atoms with Crippen molar-refractivity contribution in [2.45, 2.75) is 0 Å². The molecule has 1 heterocycles. The van der Waals surface area contributed by atoms with Crippen LogP contribution in [0.15, 0.2) is 50.4 Å². The predicted molar refractivity (Wildman–Crippen MR) is 119 cm³/mol. The van der Waals surface area contributed by atoms with Crippen molar-refractivity contribution in [1.29, 1.82) is 0 Å². The largest absolute Gasteiger partial charge is 0.493 e. The van der Waals surface area contributed by atoms with Crippen molar-refractivity contribution in [2.75, 3.05) is 13.7 Å². The fourth-order valence-electron chi connectivity index (χ4n) is 2.41. The maximum absolute atomic E-state index is 12.3. The standard InChI is InChI=1S/C20H14BrIN2O4/c1-3-6-27-19-15(22)7-12(8-17(19)26-2)11-23-24-20(25)18-10-13-9-14(21)4-5-16(13)28-18/h1,4-5,7-11H,6H2,2H3,(H,24,25)/b23-11+. The van der Waals surface area contributed by atoms with Gasteiger partial charge in [0.25, 0.3) is 0 Å². The molecule has 3 rings (SSSR count). The highest BCUT2D eigenvalue weighted by atomic mass is 127. The summed E-state index contributed by atoms with van der Waals surface area (Å²) in [6.07, 6.45) is 6.74. The third-order valence-corrected chi connectivity index (χ3v) is 4.93. The Labute approximate surface area is 183 Å². The zero-order valence-corrected chi connectivity index (χ0v) is 18.4. The van der Waals surface area contributed by atoms with Gasteiger partial charge in [-0.2, -0.15) is 5.10 Å². The molecule has 0 bridgehead atoms. The number of halogens is 2. The number of carbonyl (C=O) groups excluding carboxylic acids is 1. The van der Waals surface area contributed by atoms with Crippen LogP contribution in [0.2, 0.25) is 0 Å². The molecular formula is C20H14BrIN2O4. The molecule has 8 heteroatoms. The van der Waals surface area contributed by atoms with Crippen molar-refractivity contribution in [1.82, 2.24) is 5.43 Å². The molecule has 0 atom stereocenters. The summed E-state index contributed by atoms with van der Waals surface area (Å²) in [6.45, 7) is 0.143. The fraction of sp³-hybridized carbons (Fsp3) is 0.100. The number of nitrogens with zero attached hydrogens (tertiary/aromatic N) is 1. The van der Waals surface area contributed by atoms with E-state index in [-0.39, 0.29) is 12.4 Å². The van der Waals surface area contributed by atoms with Crippen LogP contribution in [-0.2, 0) is 0 Å². The van der Waals surface area contributed by atoms with E-state index in [2.05, 4.69) is 55.0 Å². The van der Waals surface area contributed by atoms with E-state index in [0.29, 0.717) is 17.1 Å². The minimum absolute atomic E-state index is 0.143. The topological polar surface area (TPSA) is 73.1 Å². The van der Waals surface area contributed by atoms with Gasteiger partial charge in [-0.05, 0) is 64.6 Å². The van der Waals surface area contributed by atoms with Crippen LogP contribution in [0.3, 0.4) is 0 Å². The zero-order valence-electron chi connectivity index (χ0n) is 14.7. The van der Waals surface area contributed by atoms with Crippen LogP contribution in [0.1, 0.15) is 16.1 Å². The molecular weight excluding hydrogens is 539 g/mol. The lowest BCUT2D eigenvalue weighted by atomic mass is 10.2. The molecule has 28 heavy (non-hydrogen) atoms. The van der Waals surface area contributed by atoms with E-state index in [4.69, 9.17) is 20.3 Å². The number of furan rings is 1. The number of hydrazone groups is 1. The van der Waals surface area contributed by atoms with Crippen LogP contribution in [0.25, 0.3) is 11.0 Å². The molecule has 0 spiro atoms. The number of hydrogen-bond acceptors (Lipinski definition) is 5. The highest BCUT2D eigenvalue weighted by Gasteiger charge is 2.13. The molecule has 0 aliphatic heterocycles. The molecule has 1 amide bonds. The second-order valence-electron chi connectivity index (χ2n) is 5.52. The van der Waals surface area contributed by atoms with Gasteiger partial charge in [0.2, 0.25) is 0 Å². The van der Waals surface area contributed by atoms with Crippen LogP contribution >= 0.6 is 38.5 Å². The molecule has 0 saturated carbocycles. The lowest BCUT2D eigenvalue weighted by molar-refractivity contribution is 0.0929. The van der Waals surface area contributed by atoms with Gasteiger partial charge in [-0.1, -0.05) is 21.9 Å². The third-order valence-electron chi connectivity index (χ3n) is 3.63. The quantitative estimate of drug-likeness (QED) is 0.210. The second kappa shape index (κ2) is 9.12. The van der Waals surface area contributed by atoms with Gasteiger partial charge in [0.1, 0.15) is 12.2 Å². The van der Waals surface area contributed by atoms with Crippen LogP contribution in [-0.4, -0.2) is 25.8 Å². The Morgan fingerprint density at radius 3 is 2.96 bits per heavy atom. The van der Waals surface area contributed by atoms with Crippen LogP contribution < -0.4 is 14.9 Å². The molecule has 6 nitrogen and oxygen atoms in total. The molecule has 0 fully saturated rings. The molecule has 0 saturated heterocycles. The zero-order chi connectivity index (χ0) is 20.1. The number of terminal acetylenes is 1. The summed E-state index contributed by atoms with van der Waals surface area (Å²) in [5, 5.41) is 4.81. The van der Waals surface area contributed by atoms with Crippen LogP contribution in [0.4, 0.5) is 0 Å². The Bertz CT molecular complexity index is 1100. The number of methoxy groups -OCH3 is 1. The fourth-order valence-corrected chi connectivity index (χ4v) is 3.57. The Balaban J connectivity index is 1.73. The SMILES string of the molecule is C#CCOc1c(I)cc(/C=N/NC(=O)c2cc3cc(Br)ccc3o2)cc1OC. The Morgan fingerprint density at radius 2 is 2.21 bits per heavy atom. The van der Waals surface area contributed by atoms with E-state index in [1.165, 1.54) is 13.3 Å². The molecule has 0 aliphatic rings. The summed E-state index contributed by atoms with van der Waals surface area (Å²) in [7, 11) is 1.54. The monoisotopic (exact) mass is 552 g/mol. The minimum atomic E-state index is -0.445. The van der Waals surface area contributed by atoms with Crippen molar-refractivity contribution >= 4 is 61.6 Å². The molecule has 1 aromatic heterocycles. The maximum Gasteiger partial charge on any atom is 0.307 e. The molecule has 0 radical (unpaired) electrons. The highest BCUT2D eigenvalue weighted by Crippen LogP contribution is 2.33. The summed E-state index contributed by atoms with van der Waals surface area (Å²) < 4.78 is 18.1. The van der Waals surface area contributed by atoms with Crippen molar-refractivity contribution in [3.05, 3.63) is 55.8 Å². The number of rotatable bonds is 6. The van der Waals surface area contributed by atoms with Crippen molar-refractivity contribution in [3.63, 3.8) is 0 Å². The van der Waals surface area contributed by atoms with Gasteiger partial charge in [-0.15, -0.1) is 6.42 Å². The van der Waals surface area contributed by atoms with E-state index >= 15 is 0 Å². The molecule has 3 aromatic rings. The van der Waals surface area contributed by atoms with Gasteiger partial charge in [-0.25, -0.2) is 5.43 Å². The van der Waals surface area contributed by atoms with Gasteiger partial charge in [0.15, 0.2) is 17.3 Å². The Kier molecular flexibility index (Phi) is 6.59. The number of fused-ring (bicyclic) bond motifs is 1. The Morgan fingerprint density at radius 1 is 1.39 bits per heavy atom. The van der Waals surface area contributed by atoms with Gasteiger partial charge in [0, 0.05) is 9.86 Å². The number of nitrogens with one attached hydrogen (secondary N) is 1. The summed E-state index contributed by atoms with van der Waals surface area (Å²) in [5.41, 5.74) is 3.80. The van der Waals surface area contributed by atoms with E-state index in [0.717, 1.165) is 19.0 Å². The first-order valence-corrected chi connectivity index (χ1v) is 9.85. The van der Waals surface area contributed by atoms with Crippen molar-refractivity contribution in [2.24, 2.45) is 5.10 Å². The normalized spacial score (nSPS) is 10.8. The first kappa shape index (κ1) is 20.2. The van der Waals surface area contributed by atoms with E-state index in [1.807, 2.05) is 18.2 Å². The lowest BCUT2D eigenvalue weighted by Gasteiger charge is -2.11. The Hall–Kier alpha value is -2.51. The van der Waals surface area contributed by atoms with Crippen molar-refractivity contribution < 1.29 is 18.7 Å². The van der Waals surface area contributed by atoms with Gasteiger partial charge in [-0.3, -0.25) is 4.79 Å².